The summed E-state index contributed by atoms with van der Waals surface area (Å²) in [6, 6.07) is 34.0. The van der Waals surface area contributed by atoms with Crippen LogP contribution in [0, 0.1) is 13.8 Å². The number of nitrogens with one attached hydrogen (secondary N) is 3. The molecule has 7 nitrogen and oxygen atoms in total. The molecule has 188 valence electrons. The topological polar surface area (TPSA) is 88.2 Å². The Morgan fingerprint density at radius 3 is 1.87 bits per heavy atom. The second kappa shape index (κ2) is 11.3. The highest BCUT2D eigenvalue weighted by atomic mass is 16.5. The molecule has 1 amide bonds. The molecule has 0 saturated carbocycles. The van der Waals surface area contributed by atoms with Crippen LogP contribution in [-0.2, 0) is 0 Å². The highest BCUT2D eigenvalue weighted by molar-refractivity contribution is 6.06. The maximum atomic E-state index is 13.0. The highest BCUT2D eigenvalue weighted by Crippen LogP contribution is 2.27. The van der Waals surface area contributed by atoms with Crippen LogP contribution in [0.1, 0.15) is 21.7 Å². The van der Waals surface area contributed by atoms with Crippen LogP contribution in [0.25, 0.3) is 0 Å². The molecule has 0 radical (unpaired) electrons. The van der Waals surface area contributed by atoms with Gasteiger partial charge in [0.15, 0.2) is 0 Å². The molecule has 0 aliphatic rings. The molecule has 0 fully saturated rings. The van der Waals surface area contributed by atoms with Crippen LogP contribution >= 0.6 is 0 Å². The first kappa shape index (κ1) is 24.5. The van der Waals surface area contributed by atoms with Crippen molar-refractivity contribution >= 4 is 34.6 Å². The molecule has 4 aromatic carbocycles. The molecule has 38 heavy (non-hydrogen) atoms. The van der Waals surface area contributed by atoms with E-state index in [1.54, 1.807) is 12.1 Å². The number of aryl methyl sites for hydroxylation is 2. The summed E-state index contributed by atoms with van der Waals surface area (Å²) in [7, 11) is 0. The number of anilines is 5. The number of hydrogen-bond acceptors (Lipinski definition) is 6. The van der Waals surface area contributed by atoms with E-state index in [2.05, 4.69) is 32.8 Å². The van der Waals surface area contributed by atoms with Crippen molar-refractivity contribution in [2.75, 3.05) is 16.0 Å². The Kier molecular flexibility index (Phi) is 7.27. The number of ether oxygens (including phenoxy) is 1. The zero-order valence-corrected chi connectivity index (χ0v) is 21.1. The van der Waals surface area contributed by atoms with Crippen LogP contribution in [0.2, 0.25) is 0 Å². The molecule has 0 unspecified atom stereocenters. The van der Waals surface area contributed by atoms with Crippen molar-refractivity contribution < 1.29 is 9.53 Å². The fourth-order valence-corrected chi connectivity index (χ4v) is 3.82. The molecular weight excluding hydrogens is 474 g/mol. The predicted molar refractivity (Wildman–Crippen MR) is 152 cm³/mol. The van der Waals surface area contributed by atoms with Gasteiger partial charge in [-0.15, -0.1) is 0 Å². The zero-order valence-electron chi connectivity index (χ0n) is 21.1. The van der Waals surface area contributed by atoms with Crippen LogP contribution in [0.15, 0.2) is 109 Å². The summed E-state index contributed by atoms with van der Waals surface area (Å²) in [6.07, 6.45) is 0. The third-order valence-electron chi connectivity index (χ3n) is 5.68. The molecular formula is C31H27N5O2. The van der Waals surface area contributed by atoms with Gasteiger partial charge in [-0.3, -0.25) is 4.79 Å². The second-order valence-electron chi connectivity index (χ2n) is 8.74. The Bertz CT molecular complexity index is 1540. The number of rotatable bonds is 8. The monoisotopic (exact) mass is 501 g/mol. The third kappa shape index (κ3) is 6.33. The Morgan fingerprint density at radius 1 is 0.658 bits per heavy atom. The van der Waals surface area contributed by atoms with Crippen LogP contribution in [0.5, 0.6) is 11.5 Å². The SMILES string of the molecule is Cc1ccc(Nc2cc(Nc3ccc(NC(=O)c4ccccc4Oc4ccccc4)cc3)nc(C)n2)cc1. The number of benzene rings is 4. The van der Waals surface area contributed by atoms with E-state index in [-0.39, 0.29) is 5.91 Å². The van der Waals surface area contributed by atoms with E-state index in [1.165, 1.54) is 5.56 Å². The molecule has 0 saturated heterocycles. The Balaban J connectivity index is 1.25. The summed E-state index contributed by atoms with van der Waals surface area (Å²) in [5.41, 5.74) is 4.09. The van der Waals surface area contributed by atoms with Gasteiger partial charge in [0.25, 0.3) is 5.91 Å². The summed E-state index contributed by atoms with van der Waals surface area (Å²) in [5, 5.41) is 9.56. The fourth-order valence-electron chi connectivity index (χ4n) is 3.82. The highest BCUT2D eigenvalue weighted by Gasteiger charge is 2.13. The van der Waals surface area contributed by atoms with E-state index in [1.807, 2.05) is 104 Å². The van der Waals surface area contributed by atoms with Crippen molar-refractivity contribution in [3.05, 3.63) is 126 Å². The molecule has 7 heteroatoms. The minimum absolute atomic E-state index is 0.254. The smallest absolute Gasteiger partial charge is 0.259 e. The van der Waals surface area contributed by atoms with Gasteiger partial charge >= 0.3 is 0 Å². The number of hydrogen-bond donors (Lipinski definition) is 3. The number of para-hydroxylation sites is 2. The second-order valence-corrected chi connectivity index (χ2v) is 8.74. The fraction of sp³-hybridized carbons (Fsp3) is 0.0645. The summed E-state index contributed by atoms with van der Waals surface area (Å²) in [5.74, 6) is 2.91. The van der Waals surface area contributed by atoms with E-state index in [9.17, 15) is 4.79 Å². The lowest BCUT2D eigenvalue weighted by Crippen LogP contribution is -2.13. The average Bonchev–Trinajstić information content (AvgIpc) is 2.92. The van der Waals surface area contributed by atoms with Gasteiger partial charge in [-0.25, -0.2) is 9.97 Å². The van der Waals surface area contributed by atoms with Gasteiger partial charge in [-0.2, -0.15) is 0 Å². The maximum absolute atomic E-state index is 13.0. The van der Waals surface area contributed by atoms with Crippen LogP contribution in [0.3, 0.4) is 0 Å². The van der Waals surface area contributed by atoms with Gasteiger partial charge in [0.2, 0.25) is 0 Å². The number of carbonyl (C=O) groups is 1. The Morgan fingerprint density at radius 2 is 1.21 bits per heavy atom. The number of nitrogens with zero attached hydrogens (tertiary/aromatic N) is 2. The lowest BCUT2D eigenvalue weighted by molar-refractivity contribution is 0.102. The number of aromatic nitrogens is 2. The van der Waals surface area contributed by atoms with Gasteiger partial charge in [-0.1, -0.05) is 48.0 Å². The molecule has 5 aromatic rings. The van der Waals surface area contributed by atoms with E-state index < -0.39 is 0 Å². The van der Waals surface area contributed by atoms with Crippen molar-refractivity contribution in [1.82, 2.24) is 9.97 Å². The first-order valence-corrected chi connectivity index (χ1v) is 12.2. The first-order chi connectivity index (χ1) is 18.5. The molecule has 0 atom stereocenters. The largest absolute Gasteiger partial charge is 0.457 e. The van der Waals surface area contributed by atoms with Crippen molar-refractivity contribution in [3.8, 4) is 11.5 Å². The van der Waals surface area contributed by atoms with Crippen molar-refractivity contribution in [1.29, 1.82) is 0 Å². The molecule has 1 heterocycles. The lowest BCUT2D eigenvalue weighted by atomic mass is 10.1. The van der Waals surface area contributed by atoms with Crippen LogP contribution in [-0.4, -0.2) is 15.9 Å². The minimum atomic E-state index is -0.254. The molecule has 3 N–H and O–H groups in total. The van der Waals surface area contributed by atoms with Crippen LogP contribution < -0.4 is 20.7 Å². The normalized spacial score (nSPS) is 10.5. The summed E-state index contributed by atoms with van der Waals surface area (Å²) in [4.78, 5) is 22.0. The number of carbonyl (C=O) groups excluding carboxylic acids is 1. The molecule has 1 aromatic heterocycles. The molecule has 0 bridgehead atoms. The third-order valence-corrected chi connectivity index (χ3v) is 5.68. The van der Waals surface area contributed by atoms with Gasteiger partial charge in [-0.05, 0) is 74.5 Å². The zero-order chi connectivity index (χ0) is 26.3. The van der Waals surface area contributed by atoms with Gasteiger partial charge in [0, 0.05) is 23.1 Å². The Hall–Kier alpha value is -5.17. The van der Waals surface area contributed by atoms with E-state index in [0.29, 0.717) is 40.2 Å². The van der Waals surface area contributed by atoms with Gasteiger partial charge in [0.05, 0.1) is 5.56 Å². The molecule has 0 aliphatic heterocycles. The van der Waals surface area contributed by atoms with E-state index >= 15 is 0 Å². The minimum Gasteiger partial charge on any atom is -0.457 e. The summed E-state index contributed by atoms with van der Waals surface area (Å²) >= 11 is 0. The van der Waals surface area contributed by atoms with Gasteiger partial charge < -0.3 is 20.7 Å². The Labute approximate surface area is 221 Å². The quantitative estimate of drug-likeness (QED) is 0.203. The van der Waals surface area contributed by atoms with E-state index in [4.69, 9.17) is 4.74 Å². The first-order valence-electron chi connectivity index (χ1n) is 12.2. The predicted octanol–water partition coefficient (Wildman–Crippen LogP) is 7.63. The molecule has 5 rings (SSSR count). The van der Waals surface area contributed by atoms with Crippen molar-refractivity contribution in [2.24, 2.45) is 0 Å². The molecule has 0 aliphatic carbocycles. The van der Waals surface area contributed by atoms with Crippen molar-refractivity contribution in [2.45, 2.75) is 13.8 Å². The lowest BCUT2D eigenvalue weighted by Gasteiger charge is -2.13. The van der Waals surface area contributed by atoms with Crippen LogP contribution in [0.4, 0.5) is 28.7 Å². The summed E-state index contributed by atoms with van der Waals surface area (Å²) < 4.78 is 5.93. The van der Waals surface area contributed by atoms with Crippen molar-refractivity contribution in [3.63, 3.8) is 0 Å². The maximum Gasteiger partial charge on any atom is 0.259 e. The summed E-state index contributed by atoms with van der Waals surface area (Å²) in [6.45, 7) is 3.90. The number of amides is 1. The standard InChI is InChI=1S/C31H27N5O2/c1-21-12-14-23(15-13-21)34-29-20-30(33-22(2)32-29)35-24-16-18-25(19-17-24)36-31(37)27-10-6-7-11-28(27)38-26-8-4-3-5-9-26/h3-20H,1-2H3,(H,36,37)(H2,32,33,34,35). The van der Waals surface area contributed by atoms with E-state index in [0.717, 1.165) is 11.4 Å². The average molecular weight is 502 g/mol. The van der Waals surface area contributed by atoms with Gasteiger partial charge in [0.1, 0.15) is 29.0 Å². The molecule has 0 spiro atoms.